The van der Waals surface area contributed by atoms with Crippen molar-refractivity contribution in [3.05, 3.63) is 75.4 Å². The lowest BCUT2D eigenvalue weighted by Gasteiger charge is -2.17. The fraction of sp³-hybridized carbons (Fsp3) is 0.130. The van der Waals surface area contributed by atoms with Crippen LogP contribution in [0.2, 0.25) is 0 Å². The number of hydrogen-bond acceptors (Lipinski definition) is 4. The molecular weight excluding hydrogens is 414 g/mol. The van der Waals surface area contributed by atoms with Crippen molar-refractivity contribution in [1.29, 1.82) is 0 Å². The number of amides is 2. The van der Waals surface area contributed by atoms with Crippen LogP contribution < -0.4 is 10.6 Å². The lowest BCUT2D eigenvalue weighted by molar-refractivity contribution is -0.114. The van der Waals surface area contributed by atoms with E-state index in [9.17, 15) is 19.5 Å². The number of rotatable bonds is 4. The molecule has 0 fully saturated rings. The standard InChI is InChI=1S/C23H17N3O4S/c1-12(27)25-15-6-3-13(4-7-15)21(28)26-22-20(23(29)30)19-17-9-8-16(24-2)11-14(17)5-10-18(19)31-22/h3-4,6-9,11H,5,10H2,1H3,(H,25,27)(H,26,28)(H,29,30). The van der Waals surface area contributed by atoms with E-state index in [0.717, 1.165) is 16.0 Å². The van der Waals surface area contributed by atoms with Gasteiger partial charge in [0.05, 0.1) is 6.57 Å². The molecule has 8 heteroatoms. The van der Waals surface area contributed by atoms with E-state index >= 15 is 0 Å². The monoisotopic (exact) mass is 431 g/mol. The zero-order valence-corrected chi connectivity index (χ0v) is 17.3. The van der Waals surface area contributed by atoms with Gasteiger partial charge in [-0.2, -0.15) is 0 Å². The molecule has 1 aliphatic carbocycles. The van der Waals surface area contributed by atoms with Crippen molar-refractivity contribution in [2.75, 3.05) is 10.6 Å². The van der Waals surface area contributed by atoms with E-state index < -0.39 is 11.9 Å². The van der Waals surface area contributed by atoms with Crippen LogP contribution in [-0.4, -0.2) is 22.9 Å². The number of aromatic carboxylic acids is 1. The van der Waals surface area contributed by atoms with E-state index in [-0.39, 0.29) is 16.5 Å². The van der Waals surface area contributed by atoms with Gasteiger partial charge in [-0.15, -0.1) is 11.3 Å². The van der Waals surface area contributed by atoms with E-state index in [2.05, 4.69) is 15.5 Å². The number of nitrogens with zero attached hydrogens (tertiary/aromatic N) is 1. The molecule has 1 aromatic heterocycles. The van der Waals surface area contributed by atoms with Crippen molar-refractivity contribution in [2.45, 2.75) is 19.8 Å². The summed E-state index contributed by atoms with van der Waals surface area (Å²) in [5.74, 6) is -1.76. The molecule has 3 N–H and O–H groups in total. The number of carboxylic acids is 1. The lowest BCUT2D eigenvalue weighted by atomic mass is 9.88. The first kappa shape index (κ1) is 20.3. The molecular formula is C23H17N3O4S. The van der Waals surface area contributed by atoms with Gasteiger partial charge < -0.3 is 15.7 Å². The highest BCUT2D eigenvalue weighted by atomic mass is 32.1. The number of nitrogens with one attached hydrogen (secondary N) is 2. The average Bonchev–Trinajstić information content (AvgIpc) is 3.11. The molecule has 0 saturated heterocycles. The Hall–Kier alpha value is -3.96. The minimum absolute atomic E-state index is 0.0692. The van der Waals surface area contributed by atoms with E-state index in [1.54, 1.807) is 42.5 Å². The Kier molecular flexibility index (Phi) is 5.28. The highest BCUT2D eigenvalue weighted by molar-refractivity contribution is 7.17. The Labute approximate surface area is 182 Å². The van der Waals surface area contributed by atoms with Crippen molar-refractivity contribution in [3.63, 3.8) is 0 Å². The molecule has 0 unspecified atom stereocenters. The molecule has 0 aliphatic heterocycles. The Morgan fingerprint density at radius 1 is 1.06 bits per heavy atom. The molecule has 31 heavy (non-hydrogen) atoms. The molecule has 1 heterocycles. The third-order valence-electron chi connectivity index (χ3n) is 5.00. The van der Waals surface area contributed by atoms with Gasteiger partial charge in [0.25, 0.3) is 5.91 Å². The predicted octanol–water partition coefficient (Wildman–Crippen LogP) is 4.97. The van der Waals surface area contributed by atoms with Gasteiger partial charge in [0.2, 0.25) is 5.91 Å². The molecule has 154 valence electrons. The Morgan fingerprint density at radius 2 is 1.81 bits per heavy atom. The van der Waals surface area contributed by atoms with Crippen LogP contribution in [0.5, 0.6) is 0 Å². The first-order chi connectivity index (χ1) is 14.9. The van der Waals surface area contributed by atoms with Gasteiger partial charge in [-0.3, -0.25) is 9.59 Å². The Balaban J connectivity index is 1.68. The minimum Gasteiger partial charge on any atom is -0.478 e. The zero-order valence-electron chi connectivity index (χ0n) is 16.5. The fourth-order valence-corrected chi connectivity index (χ4v) is 4.86. The average molecular weight is 431 g/mol. The van der Waals surface area contributed by atoms with Crippen LogP contribution in [0, 0.1) is 6.57 Å². The predicted molar refractivity (Wildman–Crippen MR) is 119 cm³/mol. The van der Waals surface area contributed by atoms with Crippen molar-refractivity contribution in [3.8, 4) is 11.1 Å². The summed E-state index contributed by atoms with van der Waals surface area (Å²) in [6, 6.07) is 11.6. The fourth-order valence-electron chi connectivity index (χ4n) is 3.66. The molecule has 0 atom stereocenters. The molecule has 3 aromatic rings. The number of anilines is 2. The van der Waals surface area contributed by atoms with Crippen molar-refractivity contribution < 1.29 is 19.5 Å². The van der Waals surface area contributed by atoms with E-state index in [0.29, 0.717) is 35.3 Å². The number of carboxylic acid groups (broad SMARTS) is 1. The summed E-state index contributed by atoms with van der Waals surface area (Å²) in [7, 11) is 0. The smallest absolute Gasteiger partial charge is 0.339 e. The van der Waals surface area contributed by atoms with Crippen LogP contribution in [0.3, 0.4) is 0 Å². The summed E-state index contributed by atoms with van der Waals surface area (Å²) in [4.78, 5) is 40.3. The maximum absolute atomic E-state index is 12.7. The number of benzene rings is 2. The molecule has 2 aromatic carbocycles. The van der Waals surface area contributed by atoms with Gasteiger partial charge in [-0.05, 0) is 42.7 Å². The molecule has 7 nitrogen and oxygen atoms in total. The van der Waals surface area contributed by atoms with Crippen LogP contribution in [-0.2, 0) is 17.6 Å². The third-order valence-corrected chi connectivity index (χ3v) is 6.16. The SMILES string of the molecule is [C-]#[N+]c1ccc2c(c1)CCc1sc(NC(=O)c3ccc(NC(C)=O)cc3)c(C(=O)O)c1-2. The number of thiophene rings is 1. The molecule has 0 bridgehead atoms. The van der Waals surface area contributed by atoms with Crippen LogP contribution in [0.4, 0.5) is 16.4 Å². The number of carbonyl (C=O) groups is 3. The normalized spacial score (nSPS) is 11.6. The molecule has 0 radical (unpaired) electrons. The maximum Gasteiger partial charge on any atom is 0.339 e. The second kappa shape index (κ2) is 8.05. The molecule has 0 spiro atoms. The molecule has 0 saturated carbocycles. The Morgan fingerprint density at radius 3 is 2.45 bits per heavy atom. The Bertz CT molecular complexity index is 1270. The van der Waals surface area contributed by atoms with E-state index in [4.69, 9.17) is 6.57 Å². The number of fused-ring (bicyclic) bond motifs is 3. The van der Waals surface area contributed by atoms with Crippen LogP contribution >= 0.6 is 11.3 Å². The summed E-state index contributed by atoms with van der Waals surface area (Å²) in [6.45, 7) is 8.59. The van der Waals surface area contributed by atoms with E-state index in [1.165, 1.54) is 18.3 Å². The van der Waals surface area contributed by atoms with E-state index in [1.807, 2.05) is 0 Å². The second-order valence-corrected chi connectivity index (χ2v) is 8.18. The number of aryl methyl sites for hydroxylation is 2. The first-order valence-electron chi connectivity index (χ1n) is 9.46. The quantitative estimate of drug-likeness (QED) is 0.508. The summed E-state index contributed by atoms with van der Waals surface area (Å²) in [5.41, 5.74) is 3.85. The summed E-state index contributed by atoms with van der Waals surface area (Å²) in [6.07, 6.45) is 1.36. The summed E-state index contributed by atoms with van der Waals surface area (Å²) in [5, 5.41) is 15.6. The summed E-state index contributed by atoms with van der Waals surface area (Å²) >= 11 is 1.27. The lowest BCUT2D eigenvalue weighted by Crippen LogP contribution is -2.14. The van der Waals surface area contributed by atoms with Crippen molar-refractivity contribution in [1.82, 2.24) is 0 Å². The highest BCUT2D eigenvalue weighted by Gasteiger charge is 2.29. The molecule has 1 aliphatic rings. The van der Waals surface area contributed by atoms with Crippen LogP contribution in [0.15, 0.2) is 42.5 Å². The molecule has 4 rings (SSSR count). The van der Waals surface area contributed by atoms with Gasteiger partial charge in [0, 0.05) is 28.6 Å². The first-order valence-corrected chi connectivity index (χ1v) is 10.3. The second-order valence-electron chi connectivity index (χ2n) is 7.08. The summed E-state index contributed by atoms with van der Waals surface area (Å²) < 4.78 is 0. The molecule has 2 amide bonds. The largest absolute Gasteiger partial charge is 0.478 e. The van der Waals surface area contributed by atoms with Gasteiger partial charge >= 0.3 is 5.97 Å². The number of carbonyl (C=O) groups excluding carboxylic acids is 2. The van der Waals surface area contributed by atoms with Crippen LogP contribution in [0.25, 0.3) is 16.0 Å². The van der Waals surface area contributed by atoms with Crippen molar-refractivity contribution in [2.24, 2.45) is 0 Å². The zero-order chi connectivity index (χ0) is 22.1. The topological polar surface area (TPSA) is 99.9 Å². The third kappa shape index (κ3) is 3.91. The van der Waals surface area contributed by atoms with Crippen molar-refractivity contribution >= 4 is 45.5 Å². The van der Waals surface area contributed by atoms with Gasteiger partial charge in [-0.25, -0.2) is 9.64 Å². The van der Waals surface area contributed by atoms with Crippen LogP contribution in [0.1, 0.15) is 38.1 Å². The van der Waals surface area contributed by atoms with Gasteiger partial charge in [-0.1, -0.05) is 23.8 Å². The number of hydrogen-bond donors (Lipinski definition) is 3. The van der Waals surface area contributed by atoms with Gasteiger partial charge in [0.1, 0.15) is 10.6 Å². The van der Waals surface area contributed by atoms with Gasteiger partial charge in [0.15, 0.2) is 5.69 Å². The minimum atomic E-state index is -1.11. The maximum atomic E-state index is 12.7. The highest BCUT2D eigenvalue weighted by Crippen LogP contribution is 2.46.